The molecule has 170 valence electrons. The molecule has 4 aromatic rings. The van der Waals surface area contributed by atoms with E-state index in [-0.39, 0.29) is 5.91 Å². The topological polar surface area (TPSA) is 91.2 Å². The van der Waals surface area contributed by atoms with Crippen LogP contribution in [0.1, 0.15) is 21.6 Å². The van der Waals surface area contributed by atoms with Crippen molar-refractivity contribution in [2.45, 2.75) is 13.5 Å². The van der Waals surface area contributed by atoms with Crippen LogP contribution in [0.2, 0.25) is 0 Å². The maximum atomic E-state index is 12.9. The number of carbonyl (C=O) groups is 1. The van der Waals surface area contributed by atoms with Gasteiger partial charge in [-0.2, -0.15) is 0 Å². The maximum absolute atomic E-state index is 12.9. The Hall–Kier alpha value is -3.56. The molecule has 0 unspecified atom stereocenters. The first-order valence-corrected chi connectivity index (χ1v) is 11.3. The number of rotatable bonds is 9. The molecule has 0 bridgehead atoms. The Morgan fingerprint density at radius 3 is 2.67 bits per heavy atom. The van der Waals surface area contributed by atoms with Gasteiger partial charge >= 0.3 is 0 Å². The predicted octanol–water partition coefficient (Wildman–Crippen LogP) is 3.81. The van der Waals surface area contributed by atoms with Crippen LogP contribution in [0.5, 0.6) is 5.75 Å². The average Bonchev–Trinajstić information content (AvgIpc) is 3.46. The molecule has 0 radical (unpaired) electrons. The standard InChI is InChI=1S/C24H25N5O3S/c1-16-19(23(30)27-10-11-31-2)12-22(29(16)14-17-4-6-18(32-3)7-5-17)21-15-33-24(28-21)20-13-25-8-9-26-20/h4-9,12-13,15H,10-11,14H2,1-3H3,(H,27,30). The highest BCUT2D eigenvalue weighted by molar-refractivity contribution is 7.13. The summed E-state index contributed by atoms with van der Waals surface area (Å²) in [5.74, 6) is 0.665. The summed E-state index contributed by atoms with van der Waals surface area (Å²) >= 11 is 1.50. The fraction of sp³-hybridized carbons (Fsp3) is 0.250. The lowest BCUT2D eigenvalue weighted by Gasteiger charge is -2.12. The van der Waals surface area contributed by atoms with E-state index in [0.717, 1.165) is 39.1 Å². The number of carbonyl (C=O) groups excluding carboxylic acids is 1. The lowest BCUT2D eigenvalue weighted by Crippen LogP contribution is -2.27. The molecule has 8 nitrogen and oxygen atoms in total. The molecule has 1 N–H and O–H groups in total. The van der Waals surface area contributed by atoms with Crippen LogP contribution < -0.4 is 10.1 Å². The van der Waals surface area contributed by atoms with E-state index in [2.05, 4.69) is 19.9 Å². The van der Waals surface area contributed by atoms with Crippen LogP contribution in [0, 0.1) is 6.92 Å². The van der Waals surface area contributed by atoms with Crippen molar-refractivity contribution in [3.8, 4) is 27.8 Å². The number of thiazole rings is 1. The van der Waals surface area contributed by atoms with Crippen molar-refractivity contribution in [3.05, 3.63) is 71.1 Å². The molecule has 33 heavy (non-hydrogen) atoms. The summed E-state index contributed by atoms with van der Waals surface area (Å²) in [6, 6.07) is 9.80. The van der Waals surface area contributed by atoms with Gasteiger partial charge in [0.15, 0.2) is 0 Å². The molecular formula is C24H25N5O3S. The van der Waals surface area contributed by atoms with Gasteiger partial charge < -0.3 is 19.4 Å². The molecule has 0 fully saturated rings. The summed E-state index contributed by atoms with van der Waals surface area (Å²) in [7, 11) is 3.26. The monoisotopic (exact) mass is 463 g/mol. The van der Waals surface area contributed by atoms with Gasteiger partial charge in [0.2, 0.25) is 0 Å². The van der Waals surface area contributed by atoms with Crippen LogP contribution in [0.4, 0.5) is 0 Å². The highest BCUT2D eigenvalue weighted by Crippen LogP contribution is 2.31. The van der Waals surface area contributed by atoms with Crippen LogP contribution in [-0.4, -0.2) is 52.8 Å². The third-order valence-corrected chi connectivity index (χ3v) is 6.12. The van der Waals surface area contributed by atoms with Gasteiger partial charge in [-0.25, -0.2) is 4.98 Å². The fourth-order valence-electron chi connectivity index (χ4n) is 3.48. The zero-order valence-electron chi connectivity index (χ0n) is 18.7. The van der Waals surface area contributed by atoms with Gasteiger partial charge in [0, 0.05) is 43.7 Å². The molecule has 0 saturated carbocycles. The fourth-order valence-corrected chi connectivity index (χ4v) is 4.26. The Balaban J connectivity index is 1.71. The minimum atomic E-state index is -0.135. The van der Waals surface area contributed by atoms with E-state index in [0.29, 0.717) is 25.3 Å². The first-order chi connectivity index (χ1) is 16.1. The highest BCUT2D eigenvalue weighted by Gasteiger charge is 2.20. The van der Waals surface area contributed by atoms with E-state index in [9.17, 15) is 4.79 Å². The minimum Gasteiger partial charge on any atom is -0.497 e. The van der Waals surface area contributed by atoms with Crippen LogP contribution in [0.3, 0.4) is 0 Å². The smallest absolute Gasteiger partial charge is 0.253 e. The van der Waals surface area contributed by atoms with Crippen molar-refractivity contribution in [1.82, 2.24) is 24.8 Å². The van der Waals surface area contributed by atoms with Crippen molar-refractivity contribution in [2.24, 2.45) is 0 Å². The van der Waals surface area contributed by atoms with Gasteiger partial charge in [-0.1, -0.05) is 12.1 Å². The Kier molecular flexibility index (Phi) is 7.11. The predicted molar refractivity (Wildman–Crippen MR) is 128 cm³/mol. The number of ether oxygens (including phenoxy) is 2. The van der Waals surface area contributed by atoms with Crippen LogP contribution in [-0.2, 0) is 11.3 Å². The summed E-state index contributed by atoms with van der Waals surface area (Å²) in [6.07, 6.45) is 4.98. The van der Waals surface area contributed by atoms with Crippen molar-refractivity contribution >= 4 is 17.2 Å². The quantitative estimate of drug-likeness (QED) is 0.380. The van der Waals surface area contributed by atoms with E-state index in [1.54, 1.807) is 32.8 Å². The molecular weight excluding hydrogens is 438 g/mol. The Bertz CT molecular complexity index is 1220. The number of hydrogen-bond acceptors (Lipinski definition) is 7. The Morgan fingerprint density at radius 1 is 1.15 bits per heavy atom. The molecule has 0 aliphatic heterocycles. The third kappa shape index (κ3) is 5.10. The molecule has 0 saturated heterocycles. The van der Waals surface area contributed by atoms with Crippen LogP contribution in [0.15, 0.2) is 54.3 Å². The van der Waals surface area contributed by atoms with Gasteiger partial charge in [-0.05, 0) is 30.7 Å². The lowest BCUT2D eigenvalue weighted by molar-refractivity contribution is 0.0936. The van der Waals surface area contributed by atoms with Crippen molar-refractivity contribution in [2.75, 3.05) is 27.4 Å². The zero-order chi connectivity index (χ0) is 23.2. The van der Waals surface area contributed by atoms with E-state index in [1.165, 1.54) is 11.3 Å². The molecule has 0 aliphatic carbocycles. The van der Waals surface area contributed by atoms with Crippen LogP contribution >= 0.6 is 11.3 Å². The zero-order valence-corrected chi connectivity index (χ0v) is 19.6. The molecule has 9 heteroatoms. The van der Waals surface area contributed by atoms with Crippen molar-refractivity contribution in [1.29, 1.82) is 0 Å². The number of hydrogen-bond donors (Lipinski definition) is 1. The molecule has 4 rings (SSSR count). The van der Waals surface area contributed by atoms with Gasteiger partial charge in [-0.3, -0.25) is 14.8 Å². The van der Waals surface area contributed by atoms with Gasteiger partial charge in [-0.15, -0.1) is 11.3 Å². The third-order valence-electron chi connectivity index (χ3n) is 5.25. The average molecular weight is 464 g/mol. The Labute approximate surface area is 196 Å². The van der Waals surface area contributed by atoms with Crippen molar-refractivity contribution in [3.63, 3.8) is 0 Å². The molecule has 0 aliphatic rings. The second-order valence-electron chi connectivity index (χ2n) is 7.34. The number of nitrogens with zero attached hydrogens (tertiary/aromatic N) is 4. The highest BCUT2D eigenvalue weighted by atomic mass is 32.1. The van der Waals surface area contributed by atoms with Gasteiger partial charge in [0.25, 0.3) is 5.91 Å². The van der Waals surface area contributed by atoms with Crippen LogP contribution in [0.25, 0.3) is 22.1 Å². The van der Waals surface area contributed by atoms with Gasteiger partial charge in [0.1, 0.15) is 16.5 Å². The number of aromatic nitrogens is 4. The molecule has 0 spiro atoms. The van der Waals surface area contributed by atoms with Gasteiger partial charge in [0.05, 0.1) is 36.9 Å². The summed E-state index contributed by atoms with van der Waals surface area (Å²) in [6.45, 7) is 3.45. The first kappa shape index (κ1) is 22.6. The summed E-state index contributed by atoms with van der Waals surface area (Å²) in [5.41, 5.74) is 4.94. The number of benzene rings is 1. The second kappa shape index (κ2) is 10.4. The Morgan fingerprint density at radius 2 is 1.97 bits per heavy atom. The second-order valence-corrected chi connectivity index (χ2v) is 8.20. The molecule has 3 heterocycles. The number of nitrogens with one attached hydrogen (secondary N) is 1. The summed E-state index contributed by atoms with van der Waals surface area (Å²) < 4.78 is 12.4. The first-order valence-electron chi connectivity index (χ1n) is 10.4. The molecule has 1 amide bonds. The normalized spacial score (nSPS) is 10.9. The van der Waals surface area contributed by atoms with E-state index in [4.69, 9.17) is 14.5 Å². The minimum absolute atomic E-state index is 0.135. The number of methoxy groups -OCH3 is 2. The van der Waals surface area contributed by atoms with E-state index in [1.807, 2.05) is 42.6 Å². The van der Waals surface area contributed by atoms with Crippen molar-refractivity contribution < 1.29 is 14.3 Å². The molecule has 0 atom stereocenters. The maximum Gasteiger partial charge on any atom is 0.253 e. The van der Waals surface area contributed by atoms with E-state index >= 15 is 0 Å². The summed E-state index contributed by atoms with van der Waals surface area (Å²) in [5, 5.41) is 5.67. The largest absolute Gasteiger partial charge is 0.497 e. The molecule has 3 aromatic heterocycles. The summed E-state index contributed by atoms with van der Waals surface area (Å²) in [4.78, 5) is 26.1. The lowest BCUT2D eigenvalue weighted by atomic mass is 10.2. The SMILES string of the molecule is COCCNC(=O)c1cc(-c2csc(-c3cnccn3)n2)n(Cc2ccc(OC)cc2)c1C. The van der Waals surface area contributed by atoms with E-state index < -0.39 is 0 Å². The molecule has 1 aromatic carbocycles. The number of amides is 1.